The molecule has 19 heteroatoms. The lowest BCUT2D eigenvalue weighted by atomic mass is 10.0. The van der Waals surface area contributed by atoms with E-state index in [1.54, 1.807) is 0 Å². The molecule has 0 saturated heterocycles. The largest absolute Gasteiger partial charge is 0.472 e. The van der Waals surface area contributed by atoms with Crippen molar-refractivity contribution in [1.82, 2.24) is 0 Å². The van der Waals surface area contributed by atoms with Crippen LogP contribution in [0.2, 0.25) is 0 Å². The molecule has 17 nitrogen and oxygen atoms in total. The van der Waals surface area contributed by atoms with Gasteiger partial charge in [-0.1, -0.05) is 356 Å². The Labute approximate surface area is 588 Å². The fourth-order valence-corrected chi connectivity index (χ4v) is 13.5. The smallest absolute Gasteiger partial charge is 0.462 e. The monoisotopic (exact) mass is 1410 g/mol. The summed E-state index contributed by atoms with van der Waals surface area (Å²) in [5.41, 5.74) is 0. The van der Waals surface area contributed by atoms with Crippen LogP contribution in [-0.4, -0.2) is 96.7 Å². The van der Waals surface area contributed by atoms with Gasteiger partial charge >= 0.3 is 39.5 Å². The van der Waals surface area contributed by atoms with Gasteiger partial charge in [0, 0.05) is 25.7 Å². The number of phosphoric acid groups is 2. The fourth-order valence-electron chi connectivity index (χ4n) is 11.9. The molecule has 5 atom stereocenters. The number of esters is 4. The molecule has 570 valence electrons. The van der Waals surface area contributed by atoms with Crippen LogP contribution in [0.4, 0.5) is 0 Å². The summed E-state index contributed by atoms with van der Waals surface area (Å²) in [6.45, 7) is 7.31. The Hall–Kier alpha value is -1.94. The van der Waals surface area contributed by atoms with Crippen LogP contribution < -0.4 is 0 Å². The second-order valence-corrected chi connectivity index (χ2v) is 31.1. The number of rotatable bonds is 77. The highest BCUT2D eigenvalue weighted by atomic mass is 31.2. The Kier molecular flexibility index (Phi) is 68.7. The van der Waals surface area contributed by atoms with Crippen LogP contribution in [0.25, 0.3) is 0 Å². The second-order valence-electron chi connectivity index (χ2n) is 28.2. The first-order chi connectivity index (χ1) is 46.5. The van der Waals surface area contributed by atoms with Gasteiger partial charge in [-0.05, 0) is 31.6 Å². The number of hydrogen-bond acceptors (Lipinski definition) is 15. The van der Waals surface area contributed by atoms with Gasteiger partial charge in [-0.2, -0.15) is 0 Å². The maximum Gasteiger partial charge on any atom is 0.472 e. The van der Waals surface area contributed by atoms with Crippen molar-refractivity contribution in [2.24, 2.45) is 5.92 Å². The summed E-state index contributed by atoms with van der Waals surface area (Å²) in [6, 6.07) is 0. The lowest BCUT2D eigenvalue weighted by molar-refractivity contribution is -0.161. The van der Waals surface area contributed by atoms with E-state index in [0.717, 1.165) is 102 Å². The molecule has 0 spiro atoms. The molecule has 3 N–H and O–H groups in total. The third-order valence-electron chi connectivity index (χ3n) is 18.0. The SMILES string of the molecule is CCCCCCCCCCCCCCCCCC(=O)OC[C@H](COP(=O)(O)OC[C@@H](O)COP(=O)(O)OC[C@@H](COC(=O)CCCCCCCCCC)OC(=O)CCCCCCCCCCCCCCCC)OC(=O)CCCCCCCCCCCCCCCCCCC(C)C. The predicted molar refractivity (Wildman–Crippen MR) is 391 cm³/mol. The van der Waals surface area contributed by atoms with Crippen molar-refractivity contribution in [2.75, 3.05) is 39.6 Å². The minimum Gasteiger partial charge on any atom is -0.462 e. The van der Waals surface area contributed by atoms with E-state index in [0.29, 0.717) is 25.7 Å². The highest BCUT2D eigenvalue weighted by molar-refractivity contribution is 7.47. The van der Waals surface area contributed by atoms with Crippen LogP contribution in [0.3, 0.4) is 0 Å². The molecule has 0 aromatic carbocycles. The average Bonchev–Trinajstić information content (AvgIpc) is 2.28. The van der Waals surface area contributed by atoms with Crippen molar-refractivity contribution in [3.63, 3.8) is 0 Å². The van der Waals surface area contributed by atoms with Crippen LogP contribution in [0, 0.1) is 5.92 Å². The first kappa shape index (κ1) is 94.1. The first-order valence-corrected chi connectivity index (χ1v) is 43.1. The zero-order chi connectivity index (χ0) is 70.5. The molecular weight excluding hydrogens is 1260 g/mol. The highest BCUT2D eigenvalue weighted by Gasteiger charge is 2.30. The molecule has 0 fully saturated rings. The van der Waals surface area contributed by atoms with Crippen molar-refractivity contribution >= 4 is 39.5 Å². The summed E-state index contributed by atoms with van der Waals surface area (Å²) in [7, 11) is -9.91. The number of carbonyl (C=O) groups is 4. The Morgan fingerprint density at radius 3 is 0.708 bits per heavy atom. The number of ether oxygens (including phenoxy) is 4. The van der Waals surface area contributed by atoms with Gasteiger partial charge in [0.1, 0.15) is 19.3 Å². The molecule has 0 heterocycles. The Morgan fingerprint density at radius 1 is 0.281 bits per heavy atom. The molecule has 0 aromatic rings. The summed E-state index contributed by atoms with van der Waals surface area (Å²) in [5, 5.41) is 10.6. The standard InChI is InChI=1S/C77H150O17P2/c1-6-9-12-15-18-21-23-25-29-34-37-41-46-51-56-61-75(80)88-67-73(94-77(82)63-58-53-48-43-39-35-31-28-27-30-32-36-40-44-49-54-59-70(4)5)69-92-96(85,86)90-65-71(78)64-89-95(83,84)91-68-72(66-87-74(79)60-55-50-45-20-17-14-11-8-3)93-76(81)62-57-52-47-42-38-33-26-24-22-19-16-13-10-7-2/h70-73,78H,6-69H2,1-5H3,(H,83,84)(H,85,86)/t71-,72+,73+/m0/s1. The average molecular weight is 1410 g/mol. The molecule has 0 amide bonds. The van der Waals surface area contributed by atoms with Gasteiger partial charge in [0.25, 0.3) is 0 Å². The molecule has 0 radical (unpaired) electrons. The zero-order valence-electron chi connectivity index (χ0n) is 62.5. The van der Waals surface area contributed by atoms with E-state index in [2.05, 4.69) is 34.6 Å². The Balaban J connectivity index is 5.20. The molecule has 96 heavy (non-hydrogen) atoms. The third kappa shape index (κ3) is 70.5. The van der Waals surface area contributed by atoms with E-state index >= 15 is 0 Å². The lowest BCUT2D eigenvalue weighted by Crippen LogP contribution is -2.30. The summed E-state index contributed by atoms with van der Waals surface area (Å²) >= 11 is 0. The van der Waals surface area contributed by atoms with Crippen LogP contribution in [0.15, 0.2) is 0 Å². The van der Waals surface area contributed by atoms with E-state index < -0.39 is 97.5 Å². The highest BCUT2D eigenvalue weighted by Crippen LogP contribution is 2.45. The minimum absolute atomic E-state index is 0.108. The number of aliphatic hydroxyl groups excluding tert-OH is 1. The molecule has 0 aromatic heterocycles. The van der Waals surface area contributed by atoms with Gasteiger partial charge in [0.15, 0.2) is 12.2 Å². The van der Waals surface area contributed by atoms with Crippen molar-refractivity contribution < 1.29 is 80.2 Å². The normalized spacial score (nSPS) is 13.9. The van der Waals surface area contributed by atoms with E-state index in [9.17, 15) is 43.2 Å². The van der Waals surface area contributed by atoms with Crippen LogP contribution in [-0.2, 0) is 65.4 Å². The predicted octanol–water partition coefficient (Wildman–Crippen LogP) is 22.9. The molecule has 0 bridgehead atoms. The Morgan fingerprint density at radius 2 is 0.479 bits per heavy atom. The van der Waals surface area contributed by atoms with E-state index in [4.69, 9.17) is 37.0 Å². The molecule has 0 aliphatic rings. The quantitative estimate of drug-likeness (QED) is 0.0222. The van der Waals surface area contributed by atoms with Crippen molar-refractivity contribution in [1.29, 1.82) is 0 Å². The third-order valence-corrected chi connectivity index (χ3v) is 19.9. The molecule has 2 unspecified atom stereocenters. The lowest BCUT2D eigenvalue weighted by Gasteiger charge is -2.21. The molecule has 0 saturated carbocycles. The van der Waals surface area contributed by atoms with E-state index in [1.807, 2.05) is 0 Å². The molecular formula is C77H150O17P2. The summed E-state index contributed by atoms with van der Waals surface area (Å²) in [4.78, 5) is 72.8. The number of unbranched alkanes of at least 4 members (excludes halogenated alkanes) is 49. The maximum atomic E-state index is 13.1. The van der Waals surface area contributed by atoms with Gasteiger partial charge in [-0.15, -0.1) is 0 Å². The second kappa shape index (κ2) is 70.1. The van der Waals surface area contributed by atoms with Crippen LogP contribution >= 0.6 is 15.6 Å². The number of phosphoric ester groups is 2. The summed E-state index contributed by atoms with van der Waals surface area (Å²) < 4.78 is 68.5. The number of aliphatic hydroxyl groups is 1. The fraction of sp³-hybridized carbons (Fsp3) is 0.948. The van der Waals surface area contributed by atoms with Crippen LogP contribution in [0.5, 0.6) is 0 Å². The number of carbonyl (C=O) groups excluding carboxylic acids is 4. The van der Waals surface area contributed by atoms with Gasteiger partial charge < -0.3 is 33.8 Å². The molecule has 0 aliphatic carbocycles. The van der Waals surface area contributed by atoms with Gasteiger partial charge in [0.2, 0.25) is 0 Å². The van der Waals surface area contributed by atoms with Crippen molar-refractivity contribution in [3.05, 3.63) is 0 Å². The number of hydrogen-bond donors (Lipinski definition) is 3. The van der Waals surface area contributed by atoms with Crippen molar-refractivity contribution in [3.8, 4) is 0 Å². The van der Waals surface area contributed by atoms with Gasteiger partial charge in [-0.25, -0.2) is 9.13 Å². The van der Waals surface area contributed by atoms with Crippen LogP contribution in [0.1, 0.15) is 407 Å². The van der Waals surface area contributed by atoms with E-state index in [1.165, 1.54) is 225 Å². The van der Waals surface area contributed by atoms with Crippen molar-refractivity contribution in [2.45, 2.75) is 425 Å². The van der Waals surface area contributed by atoms with Gasteiger partial charge in [0.05, 0.1) is 26.4 Å². The summed E-state index contributed by atoms with van der Waals surface area (Å²) in [5.74, 6) is -1.30. The molecule has 0 aliphatic heterocycles. The topological polar surface area (TPSA) is 237 Å². The zero-order valence-corrected chi connectivity index (χ0v) is 64.3. The molecule has 0 rings (SSSR count). The minimum atomic E-state index is -4.96. The van der Waals surface area contributed by atoms with E-state index in [-0.39, 0.29) is 25.7 Å². The first-order valence-electron chi connectivity index (χ1n) is 40.1. The Bertz CT molecular complexity index is 1840. The van der Waals surface area contributed by atoms with Gasteiger partial charge in [-0.3, -0.25) is 37.3 Å². The maximum absolute atomic E-state index is 13.1. The summed E-state index contributed by atoms with van der Waals surface area (Å²) in [6.07, 6.45) is 59.6.